The summed E-state index contributed by atoms with van der Waals surface area (Å²) in [6.07, 6.45) is 0. The fourth-order valence-corrected chi connectivity index (χ4v) is 8.31. The SMILES string of the molecule is c1ccc(-c2ccc3c(-c4cc5ccc6oc7ccccc7c6c5c5c4oc4ccccc45)c4ccccc4c(-c4ccccc4)c3c2)cc1. The monoisotopic (exact) mass is 636 g/mol. The van der Waals surface area contributed by atoms with Crippen LogP contribution in [-0.2, 0) is 0 Å². The van der Waals surface area contributed by atoms with Gasteiger partial charge in [0.2, 0.25) is 0 Å². The first-order chi connectivity index (χ1) is 24.8. The molecule has 0 aliphatic heterocycles. The van der Waals surface area contributed by atoms with Crippen molar-refractivity contribution in [3.05, 3.63) is 170 Å². The second-order valence-corrected chi connectivity index (χ2v) is 13.1. The van der Waals surface area contributed by atoms with E-state index in [0.29, 0.717) is 0 Å². The second kappa shape index (κ2) is 10.4. The van der Waals surface area contributed by atoms with Gasteiger partial charge >= 0.3 is 0 Å². The van der Waals surface area contributed by atoms with Crippen LogP contribution in [0.3, 0.4) is 0 Å². The summed E-state index contributed by atoms with van der Waals surface area (Å²) in [6, 6.07) is 60.7. The predicted molar refractivity (Wildman–Crippen MR) is 210 cm³/mol. The van der Waals surface area contributed by atoms with E-state index < -0.39 is 0 Å². The van der Waals surface area contributed by atoms with Crippen LogP contribution in [0.15, 0.2) is 179 Å². The number of para-hydroxylation sites is 2. The summed E-state index contributed by atoms with van der Waals surface area (Å²) in [7, 11) is 0. The fourth-order valence-electron chi connectivity index (χ4n) is 8.31. The Labute approximate surface area is 287 Å². The van der Waals surface area contributed by atoms with Crippen LogP contribution < -0.4 is 0 Å². The van der Waals surface area contributed by atoms with Crippen LogP contribution in [0.5, 0.6) is 0 Å². The molecule has 232 valence electrons. The molecule has 0 spiro atoms. The van der Waals surface area contributed by atoms with Crippen LogP contribution in [0, 0.1) is 0 Å². The summed E-state index contributed by atoms with van der Waals surface area (Å²) in [5.41, 5.74) is 10.6. The topological polar surface area (TPSA) is 26.3 Å². The first-order valence-electron chi connectivity index (χ1n) is 17.1. The normalized spacial score (nSPS) is 12.0. The molecule has 11 rings (SSSR count). The molecule has 2 nitrogen and oxygen atoms in total. The van der Waals surface area contributed by atoms with E-state index in [1.54, 1.807) is 0 Å². The van der Waals surface area contributed by atoms with Gasteiger partial charge in [0.05, 0.1) is 0 Å². The van der Waals surface area contributed by atoms with E-state index in [2.05, 4.69) is 164 Å². The lowest BCUT2D eigenvalue weighted by Gasteiger charge is -2.19. The highest BCUT2D eigenvalue weighted by Gasteiger charge is 2.24. The Morgan fingerprint density at radius 2 is 0.880 bits per heavy atom. The standard InChI is InChI=1S/C48H28O2/c1-3-13-29(14-4-1)31-23-25-35-38(27-31)43(30-15-5-2-6-16-30)33-17-7-8-18-34(33)45(35)39-28-32-24-26-42-46(36-19-9-11-21-40(36)49-42)44(32)47-37-20-10-12-22-41(37)50-48(39)47/h1-28H. The summed E-state index contributed by atoms with van der Waals surface area (Å²) < 4.78 is 13.4. The highest BCUT2D eigenvalue weighted by Crippen LogP contribution is 2.50. The van der Waals surface area contributed by atoms with Crippen molar-refractivity contribution in [2.24, 2.45) is 0 Å². The van der Waals surface area contributed by atoms with E-state index in [-0.39, 0.29) is 0 Å². The number of hydrogen-bond donors (Lipinski definition) is 0. The van der Waals surface area contributed by atoms with Gasteiger partial charge in [0.25, 0.3) is 0 Å². The molecule has 0 saturated heterocycles. The molecule has 2 aromatic heterocycles. The zero-order valence-corrected chi connectivity index (χ0v) is 27.0. The second-order valence-electron chi connectivity index (χ2n) is 13.1. The fraction of sp³-hybridized carbons (Fsp3) is 0. The minimum atomic E-state index is 0.877. The van der Waals surface area contributed by atoms with Gasteiger partial charge in [-0.2, -0.15) is 0 Å². The van der Waals surface area contributed by atoms with Crippen LogP contribution in [0.4, 0.5) is 0 Å². The van der Waals surface area contributed by atoms with Gasteiger partial charge in [-0.25, -0.2) is 0 Å². The smallest absolute Gasteiger partial charge is 0.143 e. The average molecular weight is 637 g/mol. The lowest BCUT2D eigenvalue weighted by Crippen LogP contribution is -1.92. The number of rotatable bonds is 3. The van der Waals surface area contributed by atoms with Gasteiger partial charge in [-0.1, -0.05) is 140 Å². The molecule has 0 fully saturated rings. The van der Waals surface area contributed by atoms with Crippen molar-refractivity contribution in [2.45, 2.75) is 0 Å². The molecule has 0 unspecified atom stereocenters. The first kappa shape index (κ1) is 27.3. The Morgan fingerprint density at radius 3 is 1.62 bits per heavy atom. The summed E-state index contributed by atoms with van der Waals surface area (Å²) in [4.78, 5) is 0. The van der Waals surface area contributed by atoms with Crippen LogP contribution >= 0.6 is 0 Å². The van der Waals surface area contributed by atoms with Crippen molar-refractivity contribution < 1.29 is 8.83 Å². The zero-order valence-electron chi connectivity index (χ0n) is 27.0. The van der Waals surface area contributed by atoms with Gasteiger partial charge in [-0.15, -0.1) is 0 Å². The average Bonchev–Trinajstić information content (AvgIpc) is 3.76. The largest absolute Gasteiger partial charge is 0.456 e. The van der Waals surface area contributed by atoms with Crippen molar-refractivity contribution in [3.63, 3.8) is 0 Å². The van der Waals surface area contributed by atoms with Crippen LogP contribution in [-0.4, -0.2) is 0 Å². The van der Waals surface area contributed by atoms with E-state index >= 15 is 0 Å². The van der Waals surface area contributed by atoms with Crippen molar-refractivity contribution in [2.75, 3.05) is 0 Å². The van der Waals surface area contributed by atoms with Crippen molar-refractivity contribution in [1.29, 1.82) is 0 Å². The Bertz CT molecular complexity index is 3130. The quantitative estimate of drug-likeness (QED) is 0.180. The highest BCUT2D eigenvalue weighted by atomic mass is 16.3. The highest BCUT2D eigenvalue weighted by molar-refractivity contribution is 6.34. The molecule has 0 aliphatic rings. The molecule has 0 saturated carbocycles. The van der Waals surface area contributed by atoms with Crippen molar-refractivity contribution in [1.82, 2.24) is 0 Å². The van der Waals surface area contributed by atoms with Gasteiger partial charge < -0.3 is 8.83 Å². The molecule has 9 aromatic carbocycles. The molecule has 2 heteroatoms. The maximum atomic E-state index is 6.96. The molecule has 0 N–H and O–H groups in total. The van der Waals surface area contributed by atoms with Crippen molar-refractivity contribution >= 4 is 76.2 Å². The number of hydrogen-bond acceptors (Lipinski definition) is 2. The van der Waals surface area contributed by atoms with E-state index in [9.17, 15) is 0 Å². The Hall–Kier alpha value is -6.64. The maximum Gasteiger partial charge on any atom is 0.143 e. The summed E-state index contributed by atoms with van der Waals surface area (Å²) >= 11 is 0. The van der Waals surface area contributed by atoms with Gasteiger partial charge in [0, 0.05) is 38.1 Å². The molecule has 0 radical (unpaired) electrons. The number of furan rings is 2. The predicted octanol–water partition coefficient (Wildman–Crippen LogP) is 13.9. The maximum absolute atomic E-state index is 6.96. The zero-order chi connectivity index (χ0) is 32.8. The minimum absolute atomic E-state index is 0.877. The van der Waals surface area contributed by atoms with Gasteiger partial charge in [0.15, 0.2) is 0 Å². The van der Waals surface area contributed by atoms with Gasteiger partial charge in [0.1, 0.15) is 22.3 Å². The minimum Gasteiger partial charge on any atom is -0.456 e. The molecular formula is C48H28O2. The van der Waals surface area contributed by atoms with Crippen LogP contribution in [0.25, 0.3) is 110 Å². The first-order valence-corrected chi connectivity index (χ1v) is 17.1. The third-order valence-electron chi connectivity index (χ3n) is 10.4. The third kappa shape index (κ3) is 3.85. The Morgan fingerprint density at radius 1 is 0.300 bits per heavy atom. The Balaban J connectivity index is 1.35. The molecule has 0 bridgehead atoms. The molecule has 0 atom stereocenters. The third-order valence-corrected chi connectivity index (χ3v) is 10.4. The lowest BCUT2D eigenvalue weighted by molar-refractivity contribution is 0.669. The molecule has 0 aliphatic carbocycles. The number of benzene rings is 9. The van der Waals surface area contributed by atoms with E-state index in [1.807, 2.05) is 6.07 Å². The van der Waals surface area contributed by atoms with Crippen LogP contribution in [0.2, 0.25) is 0 Å². The van der Waals surface area contributed by atoms with Gasteiger partial charge in [-0.05, 0) is 79.5 Å². The van der Waals surface area contributed by atoms with Crippen LogP contribution in [0.1, 0.15) is 0 Å². The number of fused-ring (bicyclic) bond motifs is 11. The van der Waals surface area contributed by atoms with Crippen molar-refractivity contribution in [3.8, 4) is 33.4 Å². The van der Waals surface area contributed by atoms with E-state index in [4.69, 9.17) is 8.83 Å². The van der Waals surface area contributed by atoms with E-state index in [0.717, 1.165) is 60.2 Å². The summed E-state index contributed by atoms with van der Waals surface area (Å²) in [5.74, 6) is 0. The summed E-state index contributed by atoms with van der Waals surface area (Å²) in [5, 5.41) is 11.6. The molecular weight excluding hydrogens is 609 g/mol. The molecule has 50 heavy (non-hydrogen) atoms. The summed E-state index contributed by atoms with van der Waals surface area (Å²) in [6.45, 7) is 0. The molecule has 2 heterocycles. The van der Waals surface area contributed by atoms with E-state index in [1.165, 1.54) is 49.4 Å². The molecule has 11 aromatic rings. The lowest BCUT2D eigenvalue weighted by atomic mass is 9.83. The Kier molecular flexibility index (Phi) is 5.70. The van der Waals surface area contributed by atoms with Gasteiger partial charge in [-0.3, -0.25) is 0 Å². The molecule has 0 amide bonds.